The van der Waals surface area contributed by atoms with E-state index in [4.69, 9.17) is 0 Å². The molecule has 1 aliphatic rings. The van der Waals surface area contributed by atoms with E-state index in [0.29, 0.717) is 18.7 Å². The van der Waals surface area contributed by atoms with Crippen LogP contribution in [0, 0.1) is 12.7 Å². The Balaban J connectivity index is 1.36. The van der Waals surface area contributed by atoms with Crippen molar-refractivity contribution >= 4 is 11.6 Å². The van der Waals surface area contributed by atoms with Crippen LogP contribution in [0.1, 0.15) is 18.1 Å². The summed E-state index contributed by atoms with van der Waals surface area (Å²) in [5.41, 5.74) is 0.497. The number of hydrogen-bond donors (Lipinski definition) is 2. The van der Waals surface area contributed by atoms with Crippen LogP contribution in [0.3, 0.4) is 0 Å². The van der Waals surface area contributed by atoms with Gasteiger partial charge < -0.3 is 10.2 Å². The van der Waals surface area contributed by atoms with Crippen LogP contribution >= 0.6 is 0 Å². The highest BCUT2D eigenvalue weighted by molar-refractivity contribution is 5.90. The number of rotatable bonds is 6. The Morgan fingerprint density at radius 1 is 1.28 bits per heavy atom. The Morgan fingerprint density at radius 2 is 2.04 bits per heavy atom. The van der Waals surface area contributed by atoms with Gasteiger partial charge in [-0.15, -0.1) is 0 Å². The number of piperazine rings is 1. The molecule has 1 aromatic heterocycles. The average Bonchev–Trinajstić information content (AvgIpc) is 2.99. The van der Waals surface area contributed by atoms with Gasteiger partial charge >= 0.3 is 0 Å². The second-order valence-corrected chi connectivity index (χ2v) is 6.26. The first kappa shape index (κ1) is 17.5. The smallest absolute Gasteiger partial charge is 0.225 e. The van der Waals surface area contributed by atoms with Gasteiger partial charge in [0.05, 0.1) is 6.54 Å². The monoisotopic (exact) mass is 346 g/mol. The fourth-order valence-electron chi connectivity index (χ4n) is 2.88. The standard InChI is InChI=1S/C17H23FN6O/c1-13-19-16(22-21-13)12-24-9-7-23(8-10-24)6-5-17(25)20-15-4-2-3-14(18)11-15/h2-4,11H,5-10,12H2,1H3,(H,20,25)(H,19,21,22). The molecule has 1 amide bonds. The summed E-state index contributed by atoms with van der Waals surface area (Å²) < 4.78 is 13.1. The van der Waals surface area contributed by atoms with Crippen molar-refractivity contribution in [1.29, 1.82) is 0 Å². The van der Waals surface area contributed by atoms with E-state index in [-0.39, 0.29) is 11.7 Å². The molecular weight excluding hydrogens is 323 g/mol. The number of benzene rings is 1. The number of aryl methyl sites for hydroxylation is 1. The normalized spacial score (nSPS) is 16.1. The van der Waals surface area contributed by atoms with E-state index < -0.39 is 0 Å². The fraction of sp³-hybridized carbons (Fsp3) is 0.471. The average molecular weight is 346 g/mol. The quantitative estimate of drug-likeness (QED) is 0.827. The van der Waals surface area contributed by atoms with Gasteiger partial charge in [-0.3, -0.25) is 14.8 Å². The second-order valence-electron chi connectivity index (χ2n) is 6.26. The zero-order valence-electron chi connectivity index (χ0n) is 14.3. The molecular formula is C17H23FN6O. The first-order valence-corrected chi connectivity index (χ1v) is 8.46. The van der Waals surface area contributed by atoms with Gasteiger partial charge in [0.1, 0.15) is 11.6 Å². The van der Waals surface area contributed by atoms with Crippen molar-refractivity contribution in [2.75, 3.05) is 38.0 Å². The third-order valence-electron chi connectivity index (χ3n) is 4.24. The summed E-state index contributed by atoms with van der Waals surface area (Å²) in [6, 6.07) is 5.95. The molecule has 25 heavy (non-hydrogen) atoms. The molecule has 0 saturated carbocycles. The minimum absolute atomic E-state index is 0.0933. The van der Waals surface area contributed by atoms with Crippen molar-refractivity contribution in [3.8, 4) is 0 Å². The number of halogens is 1. The Morgan fingerprint density at radius 3 is 2.72 bits per heavy atom. The molecule has 7 nitrogen and oxygen atoms in total. The van der Waals surface area contributed by atoms with Gasteiger partial charge in [-0.2, -0.15) is 5.10 Å². The zero-order chi connectivity index (χ0) is 17.6. The van der Waals surface area contributed by atoms with Crippen molar-refractivity contribution in [3.05, 3.63) is 41.7 Å². The van der Waals surface area contributed by atoms with Crippen molar-refractivity contribution in [1.82, 2.24) is 25.0 Å². The molecule has 0 spiro atoms. The van der Waals surface area contributed by atoms with Gasteiger partial charge in [0, 0.05) is 44.8 Å². The number of anilines is 1. The van der Waals surface area contributed by atoms with E-state index in [1.807, 2.05) is 6.92 Å². The number of nitrogens with one attached hydrogen (secondary N) is 2. The molecule has 1 aliphatic heterocycles. The SMILES string of the molecule is Cc1nc(CN2CCN(CCC(=O)Nc3cccc(F)c3)CC2)n[nH]1. The molecule has 134 valence electrons. The molecule has 0 atom stereocenters. The summed E-state index contributed by atoms with van der Waals surface area (Å²) in [7, 11) is 0. The molecule has 2 heterocycles. The van der Waals surface area contributed by atoms with Gasteiger partial charge in [-0.05, 0) is 25.1 Å². The van der Waals surface area contributed by atoms with Crippen LogP contribution in [0.5, 0.6) is 0 Å². The van der Waals surface area contributed by atoms with Gasteiger partial charge in [0.15, 0.2) is 5.82 Å². The molecule has 0 aliphatic carbocycles. The number of amides is 1. The van der Waals surface area contributed by atoms with Crippen molar-refractivity contribution in [2.45, 2.75) is 19.9 Å². The maximum atomic E-state index is 13.1. The number of H-pyrrole nitrogens is 1. The topological polar surface area (TPSA) is 77.2 Å². The molecule has 1 aromatic carbocycles. The minimum atomic E-state index is -0.351. The Labute approximate surface area is 146 Å². The second kappa shape index (κ2) is 8.17. The summed E-state index contributed by atoms with van der Waals surface area (Å²) in [6.45, 7) is 7.03. The van der Waals surface area contributed by atoms with Crippen molar-refractivity contribution < 1.29 is 9.18 Å². The predicted octanol–water partition coefficient (Wildman–Crippen LogP) is 1.40. The van der Waals surface area contributed by atoms with E-state index in [0.717, 1.165) is 44.4 Å². The van der Waals surface area contributed by atoms with E-state index in [2.05, 4.69) is 30.3 Å². The van der Waals surface area contributed by atoms with Crippen molar-refractivity contribution in [3.63, 3.8) is 0 Å². The van der Waals surface area contributed by atoms with E-state index in [9.17, 15) is 9.18 Å². The Bertz CT molecular complexity index is 711. The molecule has 2 aromatic rings. The Hall–Kier alpha value is -2.32. The number of nitrogens with zero attached hydrogens (tertiary/aromatic N) is 4. The molecule has 3 rings (SSSR count). The lowest BCUT2D eigenvalue weighted by atomic mass is 10.2. The summed E-state index contributed by atoms with van der Waals surface area (Å²) in [4.78, 5) is 20.9. The molecule has 1 saturated heterocycles. The summed E-state index contributed by atoms with van der Waals surface area (Å²) >= 11 is 0. The van der Waals surface area contributed by atoms with E-state index in [1.165, 1.54) is 12.1 Å². The van der Waals surface area contributed by atoms with E-state index in [1.54, 1.807) is 12.1 Å². The number of hydrogen-bond acceptors (Lipinski definition) is 5. The maximum absolute atomic E-state index is 13.1. The largest absolute Gasteiger partial charge is 0.326 e. The first-order valence-electron chi connectivity index (χ1n) is 8.46. The molecule has 0 unspecified atom stereocenters. The molecule has 0 radical (unpaired) electrons. The molecule has 2 N–H and O–H groups in total. The number of carbonyl (C=O) groups excluding carboxylic acids is 1. The number of carbonyl (C=O) groups is 1. The van der Waals surface area contributed by atoms with Gasteiger partial charge in [-0.1, -0.05) is 6.07 Å². The van der Waals surface area contributed by atoms with Crippen LogP contribution in [0.15, 0.2) is 24.3 Å². The zero-order valence-corrected chi connectivity index (χ0v) is 14.3. The summed E-state index contributed by atoms with van der Waals surface area (Å²) in [5.74, 6) is 1.21. The number of aromatic amines is 1. The lowest BCUT2D eigenvalue weighted by Crippen LogP contribution is -2.46. The molecule has 8 heteroatoms. The highest BCUT2D eigenvalue weighted by atomic mass is 19.1. The maximum Gasteiger partial charge on any atom is 0.225 e. The van der Waals surface area contributed by atoms with Gasteiger partial charge in [-0.25, -0.2) is 9.37 Å². The highest BCUT2D eigenvalue weighted by Gasteiger charge is 2.18. The third-order valence-corrected chi connectivity index (χ3v) is 4.24. The predicted molar refractivity (Wildman–Crippen MR) is 92.5 cm³/mol. The van der Waals surface area contributed by atoms with Crippen LogP contribution in [0.2, 0.25) is 0 Å². The van der Waals surface area contributed by atoms with Crippen LogP contribution in [-0.4, -0.2) is 63.6 Å². The van der Waals surface area contributed by atoms with Crippen molar-refractivity contribution in [2.24, 2.45) is 0 Å². The highest BCUT2D eigenvalue weighted by Crippen LogP contribution is 2.10. The van der Waals surface area contributed by atoms with Crippen LogP contribution in [-0.2, 0) is 11.3 Å². The molecule has 0 bridgehead atoms. The van der Waals surface area contributed by atoms with E-state index >= 15 is 0 Å². The fourth-order valence-corrected chi connectivity index (χ4v) is 2.88. The third kappa shape index (κ3) is 5.33. The first-order chi connectivity index (χ1) is 12.1. The van der Waals surface area contributed by atoms with Crippen LogP contribution in [0.4, 0.5) is 10.1 Å². The van der Waals surface area contributed by atoms with Gasteiger partial charge in [0.2, 0.25) is 5.91 Å². The minimum Gasteiger partial charge on any atom is -0.326 e. The lowest BCUT2D eigenvalue weighted by Gasteiger charge is -2.33. The van der Waals surface area contributed by atoms with Gasteiger partial charge in [0.25, 0.3) is 0 Å². The molecule has 1 fully saturated rings. The lowest BCUT2D eigenvalue weighted by molar-refractivity contribution is -0.116. The Kier molecular flexibility index (Phi) is 5.72. The number of aromatic nitrogens is 3. The summed E-state index contributed by atoms with van der Waals surface area (Å²) in [5, 5.41) is 9.75. The van der Waals surface area contributed by atoms with Crippen LogP contribution in [0.25, 0.3) is 0 Å². The summed E-state index contributed by atoms with van der Waals surface area (Å²) in [6.07, 6.45) is 0.399. The van der Waals surface area contributed by atoms with Crippen LogP contribution < -0.4 is 5.32 Å².